The van der Waals surface area contributed by atoms with Crippen LogP contribution in [0.3, 0.4) is 0 Å². The van der Waals surface area contributed by atoms with E-state index >= 15 is 0 Å². The number of nitriles is 1. The molecule has 0 fully saturated rings. The lowest BCUT2D eigenvalue weighted by atomic mass is 10.2. The largest absolute Gasteiger partial charge is 0.486 e. The molecule has 2 aromatic rings. The number of halogens is 1. The van der Waals surface area contributed by atoms with Crippen molar-refractivity contribution in [3.63, 3.8) is 0 Å². The van der Waals surface area contributed by atoms with Crippen LogP contribution < -0.4 is 4.74 Å². The SMILES string of the molecule is Cc1cccc(COc2cccc(Cl)c2C#N)n1. The van der Waals surface area contributed by atoms with Gasteiger partial charge in [0.1, 0.15) is 24.0 Å². The number of hydrogen-bond acceptors (Lipinski definition) is 3. The van der Waals surface area contributed by atoms with Gasteiger partial charge < -0.3 is 4.74 Å². The maximum absolute atomic E-state index is 9.01. The van der Waals surface area contributed by atoms with Crippen LogP contribution in [0.25, 0.3) is 0 Å². The van der Waals surface area contributed by atoms with E-state index in [0.717, 1.165) is 11.4 Å². The molecule has 0 aliphatic heterocycles. The lowest BCUT2D eigenvalue weighted by Gasteiger charge is -2.08. The quantitative estimate of drug-likeness (QED) is 0.847. The van der Waals surface area contributed by atoms with Gasteiger partial charge in [0.25, 0.3) is 0 Å². The molecule has 1 aromatic heterocycles. The van der Waals surface area contributed by atoms with Gasteiger partial charge in [0.2, 0.25) is 0 Å². The monoisotopic (exact) mass is 258 g/mol. The highest BCUT2D eigenvalue weighted by Crippen LogP contribution is 2.25. The van der Waals surface area contributed by atoms with Gasteiger partial charge in [0.05, 0.1) is 10.7 Å². The number of rotatable bonds is 3. The molecule has 0 N–H and O–H groups in total. The zero-order valence-electron chi connectivity index (χ0n) is 9.85. The number of ether oxygens (including phenoxy) is 1. The van der Waals surface area contributed by atoms with Gasteiger partial charge in [-0.3, -0.25) is 4.98 Å². The number of pyridine rings is 1. The smallest absolute Gasteiger partial charge is 0.139 e. The summed E-state index contributed by atoms with van der Waals surface area (Å²) in [6, 6.07) is 12.9. The Bertz CT molecular complexity index is 605. The molecule has 0 saturated heterocycles. The van der Waals surface area contributed by atoms with Gasteiger partial charge in [0, 0.05) is 5.69 Å². The fourth-order valence-electron chi connectivity index (χ4n) is 1.56. The second-order valence-corrected chi connectivity index (χ2v) is 4.19. The Balaban J connectivity index is 2.16. The Labute approximate surface area is 111 Å². The zero-order valence-corrected chi connectivity index (χ0v) is 10.6. The highest BCUT2D eigenvalue weighted by atomic mass is 35.5. The van der Waals surface area contributed by atoms with Crippen LogP contribution in [0.4, 0.5) is 0 Å². The van der Waals surface area contributed by atoms with Crippen molar-refractivity contribution in [2.75, 3.05) is 0 Å². The molecule has 0 amide bonds. The lowest BCUT2D eigenvalue weighted by Crippen LogP contribution is -2.00. The summed E-state index contributed by atoms with van der Waals surface area (Å²) < 4.78 is 5.58. The summed E-state index contributed by atoms with van der Waals surface area (Å²) in [7, 11) is 0. The molecular weight excluding hydrogens is 248 g/mol. The van der Waals surface area contributed by atoms with Crippen molar-refractivity contribution in [1.82, 2.24) is 4.98 Å². The van der Waals surface area contributed by atoms with E-state index in [0.29, 0.717) is 22.9 Å². The predicted molar refractivity (Wildman–Crippen MR) is 69.5 cm³/mol. The van der Waals surface area contributed by atoms with Crippen molar-refractivity contribution in [2.45, 2.75) is 13.5 Å². The van der Waals surface area contributed by atoms with Crippen LogP contribution in [0.15, 0.2) is 36.4 Å². The second kappa shape index (κ2) is 5.52. The topological polar surface area (TPSA) is 45.9 Å². The van der Waals surface area contributed by atoms with Gasteiger partial charge in [-0.25, -0.2) is 0 Å². The summed E-state index contributed by atoms with van der Waals surface area (Å²) >= 11 is 5.92. The first-order valence-corrected chi connectivity index (χ1v) is 5.82. The minimum atomic E-state index is 0.316. The summed E-state index contributed by atoms with van der Waals surface area (Å²) in [5.74, 6) is 0.480. The Morgan fingerprint density at radius 2 is 2.06 bits per heavy atom. The third kappa shape index (κ3) is 2.79. The number of aryl methyl sites for hydroxylation is 1. The lowest BCUT2D eigenvalue weighted by molar-refractivity contribution is 0.300. The molecule has 0 bridgehead atoms. The molecule has 0 unspecified atom stereocenters. The third-order valence-electron chi connectivity index (χ3n) is 2.41. The van der Waals surface area contributed by atoms with Crippen molar-refractivity contribution in [1.29, 1.82) is 5.26 Å². The Kier molecular flexibility index (Phi) is 3.81. The normalized spacial score (nSPS) is 9.83. The van der Waals surface area contributed by atoms with Gasteiger partial charge in [-0.2, -0.15) is 5.26 Å². The van der Waals surface area contributed by atoms with E-state index in [1.807, 2.05) is 31.2 Å². The van der Waals surface area contributed by atoms with Crippen LogP contribution in [-0.4, -0.2) is 4.98 Å². The third-order valence-corrected chi connectivity index (χ3v) is 2.72. The second-order valence-electron chi connectivity index (χ2n) is 3.78. The van der Waals surface area contributed by atoms with Crippen molar-refractivity contribution in [3.8, 4) is 11.8 Å². The van der Waals surface area contributed by atoms with E-state index in [4.69, 9.17) is 21.6 Å². The molecule has 4 heteroatoms. The van der Waals surface area contributed by atoms with Crippen molar-refractivity contribution < 1.29 is 4.74 Å². The van der Waals surface area contributed by atoms with Crippen molar-refractivity contribution in [3.05, 3.63) is 58.4 Å². The van der Waals surface area contributed by atoms with E-state index in [1.165, 1.54) is 0 Å². The van der Waals surface area contributed by atoms with E-state index in [9.17, 15) is 0 Å². The maximum atomic E-state index is 9.01. The first-order chi connectivity index (χ1) is 8.70. The van der Waals surface area contributed by atoms with Crippen LogP contribution in [-0.2, 0) is 6.61 Å². The summed E-state index contributed by atoms with van der Waals surface area (Å²) in [5.41, 5.74) is 2.10. The van der Waals surface area contributed by atoms with Crippen LogP contribution >= 0.6 is 11.6 Å². The molecular formula is C14H11ClN2O. The minimum Gasteiger partial charge on any atom is -0.486 e. The maximum Gasteiger partial charge on any atom is 0.139 e. The summed E-state index contributed by atoms with van der Waals surface area (Å²) in [4.78, 5) is 4.33. The minimum absolute atomic E-state index is 0.316. The van der Waals surface area contributed by atoms with E-state index in [2.05, 4.69) is 4.98 Å². The van der Waals surface area contributed by atoms with Gasteiger partial charge >= 0.3 is 0 Å². The molecule has 0 aliphatic rings. The van der Waals surface area contributed by atoms with Crippen molar-refractivity contribution in [2.24, 2.45) is 0 Å². The standard InChI is InChI=1S/C14H11ClN2O/c1-10-4-2-5-11(17-10)9-18-14-7-3-6-13(15)12(14)8-16/h2-7H,9H2,1H3. The summed E-state index contributed by atoms with van der Waals surface area (Å²) in [5, 5.41) is 9.41. The average molecular weight is 259 g/mol. The fraction of sp³-hybridized carbons (Fsp3) is 0.143. The van der Waals surface area contributed by atoms with Crippen LogP contribution in [0, 0.1) is 18.3 Å². The fourth-order valence-corrected chi connectivity index (χ4v) is 1.77. The first-order valence-electron chi connectivity index (χ1n) is 5.44. The number of nitrogens with zero attached hydrogens (tertiary/aromatic N) is 2. The van der Waals surface area contributed by atoms with Crippen molar-refractivity contribution >= 4 is 11.6 Å². The van der Waals surface area contributed by atoms with Gasteiger partial charge in [-0.05, 0) is 31.2 Å². The van der Waals surface area contributed by atoms with Crippen LogP contribution in [0.1, 0.15) is 17.0 Å². The van der Waals surface area contributed by atoms with Gasteiger partial charge in [-0.15, -0.1) is 0 Å². The molecule has 0 atom stereocenters. The highest BCUT2D eigenvalue weighted by molar-refractivity contribution is 6.31. The zero-order chi connectivity index (χ0) is 13.0. The van der Waals surface area contributed by atoms with E-state index in [1.54, 1.807) is 18.2 Å². The average Bonchev–Trinajstić information content (AvgIpc) is 2.36. The predicted octanol–water partition coefficient (Wildman–Crippen LogP) is 3.49. The molecule has 0 saturated carbocycles. The molecule has 18 heavy (non-hydrogen) atoms. The van der Waals surface area contributed by atoms with E-state index < -0.39 is 0 Å². The van der Waals surface area contributed by atoms with Crippen LogP contribution in [0.5, 0.6) is 5.75 Å². The first kappa shape index (κ1) is 12.4. The number of aromatic nitrogens is 1. The molecule has 0 radical (unpaired) electrons. The van der Waals surface area contributed by atoms with Gasteiger partial charge in [0.15, 0.2) is 0 Å². The molecule has 1 aromatic carbocycles. The summed E-state index contributed by atoms with van der Waals surface area (Å²) in [6.07, 6.45) is 0. The Morgan fingerprint density at radius 1 is 1.28 bits per heavy atom. The molecule has 0 aliphatic carbocycles. The Morgan fingerprint density at radius 3 is 2.78 bits per heavy atom. The van der Waals surface area contributed by atoms with E-state index in [-0.39, 0.29) is 0 Å². The molecule has 3 nitrogen and oxygen atoms in total. The Hall–Kier alpha value is -2.05. The number of hydrogen-bond donors (Lipinski definition) is 0. The molecule has 1 heterocycles. The highest BCUT2D eigenvalue weighted by Gasteiger charge is 2.07. The molecule has 90 valence electrons. The molecule has 0 spiro atoms. The molecule has 2 rings (SSSR count). The summed E-state index contributed by atoms with van der Waals surface area (Å²) in [6.45, 7) is 2.24. The van der Waals surface area contributed by atoms with Crippen LogP contribution in [0.2, 0.25) is 5.02 Å². The van der Waals surface area contributed by atoms with Gasteiger partial charge in [-0.1, -0.05) is 23.7 Å². The number of benzene rings is 1.